The summed E-state index contributed by atoms with van der Waals surface area (Å²) in [5.74, 6) is 0. The minimum absolute atomic E-state index is 0. The fraction of sp³-hybridized carbons (Fsp3) is 0.143. The Balaban J connectivity index is 0.000001000. The molecule has 0 amide bonds. The third-order valence-electron chi connectivity index (χ3n) is 1.09. The van der Waals surface area contributed by atoms with Crippen molar-refractivity contribution in [2.45, 2.75) is 6.42 Å². The maximum absolute atomic E-state index is 10.1. The molecule has 1 rings (SSSR count). The Kier molecular flexibility index (Phi) is 5.62. The molecule has 1 aliphatic carbocycles. The van der Waals surface area contributed by atoms with Crippen molar-refractivity contribution in [1.29, 1.82) is 0 Å². The number of allylic oxidation sites excluding steroid dienone is 4. The van der Waals surface area contributed by atoms with Crippen LogP contribution in [0.15, 0.2) is 22.4 Å². The Hall–Kier alpha value is -0.00662. The van der Waals surface area contributed by atoms with E-state index in [-0.39, 0.29) is 24.0 Å². The van der Waals surface area contributed by atoms with Crippen LogP contribution in [0.4, 0.5) is 0 Å². The van der Waals surface area contributed by atoms with E-state index in [1.165, 1.54) is 0 Å². The zero-order chi connectivity index (χ0) is 7.40. The van der Waals surface area contributed by atoms with Gasteiger partial charge in [0.2, 0.25) is 0 Å². The largest absolute Gasteiger partial charge is 0 e. The summed E-state index contributed by atoms with van der Waals surface area (Å²) in [6, 6.07) is 0. The Morgan fingerprint density at radius 1 is 1.36 bits per heavy atom. The Morgan fingerprint density at radius 2 is 2.00 bits per heavy atom. The molecule has 0 bridgehead atoms. The second-order valence-electron chi connectivity index (χ2n) is 1.64. The molecule has 0 saturated carbocycles. The van der Waals surface area contributed by atoms with Gasteiger partial charge in [-0.2, -0.15) is 0 Å². The molecule has 0 N–H and O–H groups in total. The average Bonchev–Trinajstić information content (AvgIpc) is 2.43. The number of halogens is 1. The average molecular weight is 349 g/mol. The van der Waals surface area contributed by atoms with Crippen LogP contribution in [-0.4, -0.2) is 8.95 Å². The first-order chi connectivity index (χ1) is 4.88. The second-order valence-corrected chi connectivity index (χ2v) is 4.77. The van der Waals surface area contributed by atoms with Crippen molar-refractivity contribution in [3.8, 4) is 0 Å². The zero-order valence-corrected chi connectivity index (χ0v) is 9.38. The molecule has 0 aromatic carbocycles. The monoisotopic (exact) mass is 350 g/mol. The van der Waals surface area contributed by atoms with E-state index in [1.807, 2.05) is 18.2 Å². The van der Waals surface area contributed by atoms with Gasteiger partial charge in [0.15, 0.2) is 0 Å². The van der Waals surface area contributed by atoms with Crippen LogP contribution in [0.3, 0.4) is 0 Å². The molecule has 0 fully saturated rings. The van der Waals surface area contributed by atoms with Crippen molar-refractivity contribution in [2.75, 3.05) is 0 Å². The van der Waals surface area contributed by atoms with Gasteiger partial charge in [0, 0.05) is 24.0 Å². The van der Waals surface area contributed by atoms with E-state index in [9.17, 15) is 9.59 Å². The van der Waals surface area contributed by atoms with E-state index < -0.39 is 15.0 Å². The second kappa shape index (κ2) is 5.62. The van der Waals surface area contributed by atoms with Gasteiger partial charge in [-0.25, -0.2) is 0 Å². The van der Waals surface area contributed by atoms with Crippen molar-refractivity contribution in [1.82, 2.24) is 0 Å². The van der Waals surface area contributed by atoms with E-state index in [1.54, 1.807) is 8.95 Å². The summed E-state index contributed by atoms with van der Waals surface area (Å²) < 4.78 is 4.44. The third-order valence-corrected chi connectivity index (χ3v) is 3.56. The van der Waals surface area contributed by atoms with Crippen LogP contribution in [0, 0.1) is 0 Å². The van der Waals surface area contributed by atoms with Gasteiger partial charge >= 0.3 is 62.4 Å². The Morgan fingerprint density at radius 3 is 2.36 bits per heavy atom. The van der Waals surface area contributed by atoms with Crippen LogP contribution in [0.1, 0.15) is 6.42 Å². The predicted octanol–water partition coefficient (Wildman–Crippen LogP) is 1.47. The fourth-order valence-corrected chi connectivity index (χ4v) is 2.20. The van der Waals surface area contributed by atoms with E-state index in [0.29, 0.717) is 0 Å². The van der Waals surface area contributed by atoms with Crippen molar-refractivity contribution in [3.63, 3.8) is 0 Å². The predicted molar refractivity (Wildman–Crippen MR) is 47.2 cm³/mol. The molecule has 0 heterocycles. The van der Waals surface area contributed by atoms with Gasteiger partial charge in [0.25, 0.3) is 0 Å². The first-order valence-corrected chi connectivity index (χ1v) is 5.26. The Bertz CT molecular complexity index is 308. The van der Waals surface area contributed by atoms with Gasteiger partial charge in [0.1, 0.15) is 0 Å². The molecule has 2 nitrogen and oxygen atoms in total. The molecule has 4 heteroatoms. The maximum Gasteiger partial charge on any atom is 0 e. The van der Waals surface area contributed by atoms with Crippen LogP contribution in [0.2, 0.25) is 0 Å². The quantitative estimate of drug-likeness (QED) is 0.531. The standard InChI is InChI=1S/C5H5.2CO.I.Ru/c1-2-4-5-3-1;2*1-2;;/h1-3H,4H2;;;;. The molecule has 0 atom stereocenters. The van der Waals surface area contributed by atoms with Crippen LogP contribution in [-0.2, 0) is 24.6 Å². The third kappa shape index (κ3) is 2.84. The van der Waals surface area contributed by atoms with Gasteiger partial charge in [-0.05, 0) is 0 Å². The molecule has 0 aromatic rings. The minimum Gasteiger partial charge on any atom is 0 e. The molecular weight excluding hydrogens is 344 g/mol. The van der Waals surface area contributed by atoms with Gasteiger partial charge < -0.3 is 0 Å². The molecule has 0 unspecified atom stereocenters. The van der Waals surface area contributed by atoms with Gasteiger partial charge in [-0.15, -0.1) is 0 Å². The number of carbonyl (C=O) groups excluding carboxylic acids is 2. The van der Waals surface area contributed by atoms with Crippen LogP contribution >= 0.6 is 24.0 Å². The van der Waals surface area contributed by atoms with E-state index in [0.717, 1.165) is 10.6 Å². The molecule has 11 heavy (non-hydrogen) atoms. The maximum atomic E-state index is 10.1. The van der Waals surface area contributed by atoms with Crippen molar-refractivity contribution in [3.05, 3.63) is 22.4 Å². The minimum atomic E-state index is -2.10. The van der Waals surface area contributed by atoms with Gasteiger partial charge in [-0.1, -0.05) is 0 Å². The summed E-state index contributed by atoms with van der Waals surface area (Å²) in [5.41, 5.74) is 0. The van der Waals surface area contributed by atoms with E-state index in [2.05, 4.69) is 0 Å². The molecule has 0 saturated heterocycles. The number of rotatable bonds is 1. The summed E-state index contributed by atoms with van der Waals surface area (Å²) in [5, 5.41) is 0. The smallest absolute Gasteiger partial charge is 0 e. The van der Waals surface area contributed by atoms with Crippen LogP contribution < -0.4 is 0 Å². The van der Waals surface area contributed by atoms with E-state index >= 15 is 0 Å². The molecule has 1 aliphatic rings. The van der Waals surface area contributed by atoms with Crippen LogP contribution in [0.5, 0.6) is 0 Å². The fourth-order valence-electron chi connectivity index (χ4n) is 0.654. The number of hydrogen-bond donors (Lipinski definition) is 0. The molecule has 0 aliphatic heterocycles. The van der Waals surface area contributed by atoms with Crippen molar-refractivity contribution in [2.24, 2.45) is 0 Å². The summed E-state index contributed by atoms with van der Waals surface area (Å²) in [6.45, 7) is 0. The normalized spacial score (nSPS) is 13.4. The van der Waals surface area contributed by atoms with Crippen LogP contribution in [0.25, 0.3) is 0 Å². The van der Waals surface area contributed by atoms with Gasteiger partial charge in [-0.3, -0.25) is 0 Å². The molecule has 1 radical (unpaired) electrons. The first-order valence-electron chi connectivity index (χ1n) is 2.66. The SMILES string of the molecule is O=[C]=[Ru](=[C]=O)[C]1=CC=CC1.[I]. The summed E-state index contributed by atoms with van der Waals surface area (Å²) >= 11 is -2.10. The summed E-state index contributed by atoms with van der Waals surface area (Å²) in [6.07, 6.45) is 6.33. The zero-order valence-electron chi connectivity index (χ0n) is 5.49. The first kappa shape index (κ1) is 11.0. The summed E-state index contributed by atoms with van der Waals surface area (Å²) in [4.78, 5) is 20.3. The van der Waals surface area contributed by atoms with Crippen molar-refractivity contribution < 1.29 is 24.6 Å². The van der Waals surface area contributed by atoms with E-state index in [4.69, 9.17) is 0 Å². The molecule has 0 spiro atoms. The molecule has 60 valence electrons. The Labute approximate surface area is 85.9 Å². The summed E-state index contributed by atoms with van der Waals surface area (Å²) in [7, 11) is 0. The van der Waals surface area contributed by atoms with Gasteiger partial charge in [0.05, 0.1) is 0 Å². The molecule has 0 aromatic heterocycles. The molecular formula is C7H5IO2Ru. The topological polar surface area (TPSA) is 34.1 Å². The number of hydrogen-bond acceptors (Lipinski definition) is 2. The van der Waals surface area contributed by atoms with Crippen molar-refractivity contribution >= 4 is 32.9 Å².